The summed E-state index contributed by atoms with van der Waals surface area (Å²) >= 11 is 0. The summed E-state index contributed by atoms with van der Waals surface area (Å²) in [6, 6.07) is 0. The van der Waals surface area contributed by atoms with Crippen LogP contribution in [0.1, 0.15) is 40.5 Å². The van der Waals surface area contributed by atoms with Crippen molar-refractivity contribution in [3.8, 4) is 0 Å². The Kier molecular flexibility index (Phi) is 3.03. The summed E-state index contributed by atoms with van der Waals surface area (Å²) in [6.45, 7) is 14.6. The number of ether oxygens (including phenoxy) is 1. The molecule has 1 saturated heterocycles. The van der Waals surface area contributed by atoms with E-state index in [9.17, 15) is 0 Å². The minimum absolute atomic E-state index is 0.154. The second-order valence-electron chi connectivity index (χ2n) is 5.26. The van der Waals surface area contributed by atoms with Gasteiger partial charge in [0.05, 0.1) is 12.7 Å². The molecule has 2 nitrogen and oxygen atoms in total. The van der Waals surface area contributed by atoms with E-state index in [-0.39, 0.29) is 11.1 Å². The number of nitrogens with one attached hydrogen (secondary N) is 1. The Morgan fingerprint density at radius 1 is 1.23 bits per heavy atom. The fraction of sp³-hybridized carbons (Fsp3) is 0.909. The molecule has 2 heteroatoms. The molecule has 0 aromatic heterocycles. The maximum Gasteiger partial charge on any atom is 0.0610 e. The fourth-order valence-corrected chi connectivity index (χ4v) is 2.48. The zero-order valence-electron chi connectivity index (χ0n) is 9.18. The van der Waals surface area contributed by atoms with Crippen LogP contribution in [0, 0.1) is 6.92 Å². The second-order valence-corrected chi connectivity index (χ2v) is 5.26. The molecule has 1 aliphatic heterocycles. The summed E-state index contributed by atoms with van der Waals surface area (Å²) in [5, 5.41) is 3.60. The van der Waals surface area contributed by atoms with Gasteiger partial charge in [-0.3, -0.25) is 0 Å². The molecule has 0 amide bonds. The van der Waals surface area contributed by atoms with E-state index in [1.165, 1.54) is 0 Å². The van der Waals surface area contributed by atoms with Crippen molar-refractivity contribution in [2.24, 2.45) is 0 Å². The molecule has 13 heavy (non-hydrogen) atoms. The zero-order valence-corrected chi connectivity index (χ0v) is 9.18. The van der Waals surface area contributed by atoms with Gasteiger partial charge >= 0.3 is 0 Å². The summed E-state index contributed by atoms with van der Waals surface area (Å²) in [7, 11) is 0. The van der Waals surface area contributed by atoms with E-state index in [0.29, 0.717) is 12.7 Å². The van der Waals surface area contributed by atoms with Gasteiger partial charge in [0.25, 0.3) is 0 Å². The third-order valence-corrected chi connectivity index (χ3v) is 2.48. The first-order valence-electron chi connectivity index (χ1n) is 4.96. The van der Waals surface area contributed by atoms with Crippen LogP contribution in [0.2, 0.25) is 0 Å². The Labute approximate surface area is 82.0 Å². The normalized spacial score (nSPS) is 27.5. The van der Waals surface area contributed by atoms with Gasteiger partial charge in [0.2, 0.25) is 0 Å². The van der Waals surface area contributed by atoms with Crippen LogP contribution < -0.4 is 5.32 Å². The van der Waals surface area contributed by atoms with Crippen molar-refractivity contribution in [3.63, 3.8) is 0 Å². The summed E-state index contributed by atoms with van der Waals surface area (Å²) in [4.78, 5) is 0. The average Bonchev–Trinajstić information content (AvgIpc) is 1.78. The first-order valence-corrected chi connectivity index (χ1v) is 4.96. The van der Waals surface area contributed by atoms with Crippen LogP contribution in [0.3, 0.4) is 0 Å². The molecule has 76 valence electrons. The fourth-order valence-electron chi connectivity index (χ4n) is 2.48. The molecule has 1 rings (SSSR count). The van der Waals surface area contributed by atoms with Crippen LogP contribution in [0.5, 0.6) is 0 Å². The number of piperidine rings is 1. The van der Waals surface area contributed by atoms with E-state index < -0.39 is 0 Å². The molecule has 1 fully saturated rings. The van der Waals surface area contributed by atoms with Crippen LogP contribution in [-0.2, 0) is 4.74 Å². The minimum atomic E-state index is 0.154. The van der Waals surface area contributed by atoms with Gasteiger partial charge in [0.1, 0.15) is 0 Å². The average molecular weight is 183 g/mol. The Bertz CT molecular complexity index is 159. The van der Waals surface area contributed by atoms with Crippen molar-refractivity contribution in [2.45, 2.75) is 57.7 Å². The maximum absolute atomic E-state index is 5.49. The predicted molar refractivity (Wildman–Crippen MR) is 54.6 cm³/mol. The van der Waals surface area contributed by atoms with Crippen molar-refractivity contribution in [1.29, 1.82) is 0 Å². The van der Waals surface area contributed by atoms with E-state index in [1.54, 1.807) is 0 Å². The molecule has 0 spiro atoms. The van der Waals surface area contributed by atoms with E-state index >= 15 is 0 Å². The molecule has 0 saturated carbocycles. The topological polar surface area (TPSA) is 21.3 Å². The first-order chi connectivity index (χ1) is 5.85. The molecule has 2 radical (unpaired) electrons. The third kappa shape index (κ3) is 3.28. The number of hydrogen-bond acceptors (Lipinski definition) is 2. The van der Waals surface area contributed by atoms with Gasteiger partial charge in [-0.05, 0) is 47.5 Å². The highest BCUT2D eigenvalue weighted by atomic mass is 16.5. The summed E-state index contributed by atoms with van der Waals surface area (Å²) < 4.78 is 5.49. The lowest BCUT2D eigenvalue weighted by molar-refractivity contribution is -0.0103. The van der Waals surface area contributed by atoms with Gasteiger partial charge in [-0.2, -0.15) is 0 Å². The lowest BCUT2D eigenvalue weighted by Crippen LogP contribution is -2.59. The molecule has 0 unspecified atom stereocenters. The highest BCUT2D eigenvalue weighted by molar-refractivity contribution is 4.97. The summed E-state index contributed by atoms with van der Waals surface area (Å²) in [6.07, 6.45) is 2.37. The molecule has 0 atom stereocenters. The Hall–Kier alpha value is -0.0800. The smallest absolute Gasteiger partial charge is 0.0610 e. The SMILES string of the molecule is [CH]COC1CC(C)(C)NC(C)(C)C1. The van der Waals surface area contributed by atoms with Gasteiger partial charge in [0.15, 0.2) is 0 Å². The molecule has 1 N–H and O–H groups in total. The highest BCUT2D eigenvalue weighted by Gasteiger charge is 2.37. The maximum atomic E-state index is 5.49. The van der Waals surface area contributed by atoms with E-state index in [0.717, 1.165) is 12.8 Å². The van der Waals surface area contributed by atoms with Crippen LogP contribution in [0.4, 0.5) is 0 Å². The third-order valence-electron chi connectivity index (χ3n) is 2.48. The van der Waals surface area contributed by atoms with Crippen molar-refractivity contribution in [3.05, 3.63) is 6.92 Å². The first kappa shape index (κ1) is 11.0. The molecule has 0 bridgehead atoms. The van der Waals surface area contributed by atoms with Crippen molar-refractivity contribution in [2.75, 3.05) is 6.61 Å². The van der Waals surface area contributed by atoms with Crippen LogP contribution >= 0.6 is 0 Å². The van der Waals surface area contributed by atoms with Gasteiger partial charge in [-0.1, -0.05) is 0 Å². The van der Waals surface area contributed by atoms with Crippen molar-refractivity contribution < 1.29 is 4.74 Å². The quantitative estimate of drug-likeness (QED) is 0.707. The largest absolute Gasteiger partial charge is 0.378 e. The van der Waals surface area contributed by atoms with Gasteiger partial charge < -0.3 is 10.1 Å². The molecular weight excluding hydrogens is 162 g/mol. The van der Waals surface area contributed by atoms with E-state index in [2.05, 4.69) is 33.0 Å². The predicted octanol–water partition coefficient (Wildman–Crippen LogP) is 2.02. The Balaban J connectivity index is 2.61. The Morgan fingerprint density at radius 3 is 2.08 bits per heavy atom. The minimum Gasteiger partial charge on any atom is -0.378 e. The monoisotopic (exact) mass is 183 g/mol. The lowest BCUT2D eigenvalue weighted by Gasteiger charge is -2.46. The number of hydrogen-bond donors (Lipinski definition) is 1. The number of rotatable bonds is 2. The molecule has 1 aliphatic rings. The molecular formula is C11H21NO. The summed E-state index contributed by atoms with van der Waals surface area (Å²) in [5.74, 6) is 0. The van der Waals surface area contributed by atoms with Crippen molar-refractivity contribution in [1.82, 2.24) is 5.32 Å². The van der Waals surface area contributed by atoms with Gasteiger partial charge in [0, 0.05) is 11.1 Å². The zero-order chi connectivity index (χ0) is 10.1. The highest BCUT2D eigenvalue weighted by Crippen LogP contribution is 2.29. The standard InChI is InChI=1S/C11H21NO/c1-6-13-9-7-10(2,3)12-11(4,5)8-9/h1,9,12H,6-8H2,2-5H3. The summed E-state index contributed by atoms with van der Waals surface area (Å²) in [5.41, 5.74) is 0.309. The Morgan fingerprint density at radius 2 is 1.69 bits per heavy atom. The van der Waals surface area contributed by atoms with Gasteiger partial charge in [-0.25, -0.2) is 0 Å². The van der Waals surface area contributed by atoms with Crippen LogP contribution in [-0.4, -0.2) is 23.8 Å². The lowest BCUT2D eigenvalue weighted by atomic mass is 9.81. The molecule has 0 aliphatic carbocycles. The van der Waals surface area contributed by atoms with Crippen molar-refractivity contribution >= 4 is 0 Å². The van der Waals surface area contributed by atoms with Crippen LogP contribution in [0.25, 0.3) is 0 Å². The molecule has 1 heterocycles. The van der Waals surface area contributed by atoms with E-state index in [4.69, 9.17) is 11.7 Å². The van der Waals surface area contributed by atoms with E-state index in [1.807, 2.05) is 0 Å². The van der Waals surface area contributed by atoms with Crippen LogP contribution in [0.15, 0.2) is 0 Å². The molecule has 0 aromatic rings. The second kappa shape index (κ2) is 3.58. The molecule has 0 aromatic carbocycles. The van der Waals surface area contributed by atoms with Gasteiger partial charge in [-0.15, -0.1) is 0 Å².